The van der Waals surface area contributed by atoms with Gasteiger partial charge < -0.3 is 9.13 Å². The summed E-state index contributed by atoms with van der Waals surface area (Å²) in [5, 5.41) is 0. The molecule has 2 nitrogen and oxygen atoms in total. The Morgan fingerprint density at radius 3 is 1.06 bits per heavy atom. The molecule has 4 unspecified atom stereocenters. The number of nitrogens with zero attached hydrogens (tertiary/aromatic N) is 2. The molecule has 4 atom stereocenters. The van der Waals surface area contributed by atoms with Gasteiger partial charge in [0.1, 0.15) is 16.5 Å². The molecular formula is C30H56N2Si2. The van der Waals surface area contributed by atoms with Crippen molar-refractivity contribution in [3.63, 3.8) is 0 Å². The fourth-order valence-electron chi connectivity index (χ4n) is 7.28. The van der Waals surface area contributed by atoms with Crippen molar-refractivity contribution in [1.82, 2.24) is 9.13 Å². The molecule has 0 heterocycles. The Morgan fingerprint density at radius 1 is 0.559 bits per heavy atom. The van der Waals surface area contributed by atoms with Gasteiger partial charge in [0, 0.05) is 25.2 Å². The molecule has 34 heavy (non-hydrogen) atoms. The molecule has 194 valence electrons. The molecule has 4 heteroatoms. The molecule has 0 radical (unpaired) electrons. The van der Waals surface area contributed by atoms with Crippen LogP contribution >= 0.6 is 0 Å². The van der Waals surface area contributed by atoms with Crippen molar-refractivity contribution in [2.75, 3.05) is 0 Å². The first-order chi connectivity index (χ1) is 15.8. The highest BCUT2D eigenvalue weighted by atomic mass is 28.3. The first-order valence-corrected chi connectivity index (χ1v) is 21.3. The highest BCUT2D eigenvalue weighted by Crippen LogP contribution is 2.37. The highest BCUT2D eigenvalue weighted by Gasteiger charge is 2.39. The van der Waals surface area contributed by atoms with Gasteiger partial charge in [-0.15, -0.1) is 0 Å². The van der Waals surface area contributed by atoms with E-state index in [2.05, 4.69) is 100 Å². The molecule has 0 aliphatic heterocycles. The third-order valence-electron chi connectivity index (χ3n) is 9.14. The average molecular weight is 501 g/mol. The van der Waals surface area contributed by atoms with Crippen molar-refractivity contribution in [3.8, 4) is 0 Å². The maximum atomic E-state index is 2.95. The lowest BCUT2D eigenvalue weighted by atomic mass is 9.78. The Labute approximate surface area is 215 Å². The zero-order valence-corrected chi connectivity index (χ0v) is 26.3. The van der Waals surface area contributed by atoms with Crippen LogP contribution in [-0.2, 0) is 13.1 Å². The van der Waals surface area contributed by atoms with Crippen LogP contribution in [0.25, 0.3) is 0 Å². The van der Waals surface area contributed by atoms with Gasteiger partial charge in [-0.3, -0.25) is 0 Å². The van der Waals surface area contributed by atoms with E-state index in [4.69, 9.17) is 0 Å². The number of benzene rings is 1. The lowest BCUT2D eigenvalue weighted by Gasteiger charge is -2.49. The molecule has 0 amide bonds. The number of hydrogen-bond donors (Lipinski definition) is 0. The van der Waals surface area contributed by atoms with E-state index in [1.54, 1.807) is 0 Å². The summed E-state index contributed by atoms with van der Waals surface area (Å²) in [5.74, 6) is 3.28. The van der Waals surface area contributed by atoms with Gasteiger partial charge in [-0.05, 0) is 60.5 Å². The Balaban J connectivity index is 1.77. The largest absolute Gasteiger partial charge is 0.317 e. The van der Waals surface area contributed by atoms with Gasteiger partial charge in [-0.2, -0.15) is 0 Å². The summed E-state index contributed by atoms with van der Waals surface area (Å²) in [6.07, 6.45) is 8.44. The summed E-state index contributed by atoms with van der Waals surface area (Å²) in [6.45, 7) is 27.6. The van der Waals surface area contributed by atoms with Crippen LogP contribution in [0.2, 0.25) is 39.3 Å². The number of rotatable bonds is 8. The van der Waals surface area contributed by atoms with Crippen molar-refractivity contribution in [2.24, 2.45) is 23.7 Å². The van der Waals surface area contributed by atoms with E-state index in [1.807, 2.05) is 0 Å². The standard InChI is InChI=1S/C30H56N2Si2/c1-23-13-11-14-24(2)29(23)31(33(5,6)7)21-27-17-19-28(20-18-27)22-32(34(8,9)10)30-25(3)15-12-16-26(30)4/h17-20,23-26,29-30H,11-16,21-22H2,1-10H3. The molecule has 2 aliphatic rings. The summed E-state index contributed by atoms with van der Waals surface area (Å²) in [6, 6.07) is 11.3. The molecule has 2 saturated carbocycles. The Morgan fingerprint density at radius 2 is 0.824 bits per heavy atom. The molecule has 1 aromatic carbocycles. The maximum Gasteiger partial charge on any atom is 0.119 e. The third-order valence-corrected chi connectivity index (χ3v) is 13.5. The SMILES string of the molecule is CC1CCCC(C)C1N(Cc1ccc(CN(C2C(C)CCCC2C)[Si](C)(C)C)cc1)[Si](C)(C)C. The normalized spacial score (nSPS) is 31.3. The molecule has 2 aliphatic carbocycles. The first kappa shape index (κ1) is 28.1. The second-order valence-electron chi connectivity index (χ2n) is 14.2. The van der Waals surface area contributed by atoms with Crippen LogP contribution in [0.3, 0.4) is 0 Å². The van der Waals surface area contributed by atoms with Gasteiger partial charge in [0.15, 0.2) is 0 Å². The van der Waals surface area contributed by atoms with Crippen LogP contribution in [0.1, 0.15) is 77.3 Å². The predicted molar refractivity (Wildman–Crippen MR) is 156 cm³/mol. The van der Waals surface area contributed by atoms with Crippen molar-refractivity contribution in [2.45, 2.75) is 131 Å². The Kier molecular flexibility index (Phi) is 9.37. The van der Waals surface area contributed by atoms with Crippen molar-refractivity contribution >= 4 is 16.5 Å². The van der Waals surface area contributed by atoms with Gasteiger partial charge >= 0.3 is 0 Å². The van der Waals surface area contributed by atoms with E-state index < -0.39 is 16.5 Å². The molecule has 0 N–H and O–H groups in total. The first-order valence-electron chi connectivity index (χ1n) is 14.4. The van der Waals surface area contributed by atoms with Crippen LogP contribution in [0.4, 0.5) is 0 Å². The molecule has 0 spiro atoms. The maximum absolute atomic E-state index is 2.95. The van der Waals surface area contributed by atoms with E-state index in [0.717, 1.165) is 48.8 Å². The zero-order valence-electron chi connectivity index (χ0n) is 24.3. The minimum absolute atomic E-state index is 0.747. The minimum atomic E-state index is -1.41. The average Bonchev–Trinajstić information content (AvgIpc) is 2.71. The monoisotopic (exact) mass is 500 g/mol. The van der Waals surface area contributed by atoms with Crippen molar-refractivity contribution in [1.29, 1.82) is 0 Å². The summed E-state index contributed by atoms with van der Waals surface area (Å²) in [4.78, 5) is 0. The predicted octanol–water partition coefficient (Wildman–Crippen LogP) is 8.61. The van der Waals surface area contributed by atoms with E-state index in [9.17, 15) is 0 Å². The molecule has 0 bridgehead atoms. The van der Waals surface area contributed by atoms with Crippen molar-refractivity contribution < 1.29 is 0 Å². The smallest absolute Gasteiger partial charge is 0.119 e. The fourth-order valence-corrected chi connectivity index (χ4v) is 11.4. The van der Waals surface area contributed by atoms with E-state index in [-0.39, 0.29) is 0 Å². The van der Waals surface area contributed by atoms with Gasteiger partial charge in [-0.1, -0.05) is 104 Å². The van der Waals surface area contributed by atoms with Gasteiger partial charge in [0.05, 0.1) is 0 Å². The summed E-state index contributed by atoms with van der Waals surface area (Å²) in [5.41, 5.74) is 3.02. The quantitative estimate of drug-likeness (QED) is 0.330. The van der Waals surface area contributed by atoms with Crippen LogP contribution in [0, 0.1) is 23.7 Å². The van der Waals surface area contributed by atoms with E-state index >= 15 is 0 Å². The Bertz CT molecular complexity index is 678. The molecule has 1 aromatic rings. The highest BCUT2D eigenvalue weighted by molar-refractivity contribution is 6.73. The topological polar surface area (TPSA) is 6.48 Å². The lowest BCUT2D eigenvalue weighted by molar-refractivity contribution is 0.122. The van der Waals surface area contributed by atoms with Crippen LogP contribution in [-0.4, -0.2) is 37.7 Å². The fraction of sp³-hybridized carbons (Fsp3) is 0.800. The van der Waals surface area contributed by atoms with Crippen molar-refractivity contribution in [3.05, 3.63) is 35.4 Å². The van der Waals surface area contributed by atoms with Gasteiger partial charge in [0.2, 0.25) is 0 Å². The van der Waals surface area contributed by atoms with Gasteiger partial charge in [-0.25, -0.2) is 0 Å². The van der Waals surface area contributed by atoms with E-state index in [1.165, 1.54) is 49.7 Å². The summed E-state index contributed by atoms with van der Waals surface area (Å²) in [7, 11) is -2.82. The molecule has 3 rings (SSSR count). The second-order valence-corrected chi connectivity index (χ2v) is 24.0. The number of hydrogen-bond acceptors (Lipinski definition) is 2. The van der Waals surface area contributed by atoms with Crippen LogP contribution < -0.4 is 0 Å². The Hall–Kier alpha value is -0.426. The molecule has 2 fully saturated rings. The van der Waals surface area contributed by atoms with Crippen LogP contribution in [0.15, 0.2) is 24.3 Å². The van der Waals surface area contributed by atoms with Crippen LogP contribution in [0.5, 0.6) is 0 Å². The third kappa shape index (κ3) is 6.86. The minimum Gasteiger partial charge on any atom is -0.317 e. The summed E-state index contributed by atoms with van der Waals surface area (Å²) >= 11 is 0. The summed E-state index contributed by atoms with van der Waals surface area (Å²) < 4.78 is 5.91. The second kappa shape index (κ2) is 11.3. The lowest BCUT2D eigenvalue weighted by Crippen LogP contribution is -2.57. The molecule has 0 aromatic heterocycles. The molecule has 0 saturated heterocycles. The van der Waals surface area contributed by atoms with E-state index in [0.29, 0.717) is 0 Å². The molecular weight excluding hydrogens is 445 g/mol. The van der Waals surface area contributed by atoms with Gasteiger partial charge in [0.25, 0.3) is 0 Å². The zero-order chi connectivity index (χ0) is 25.3.